The molecule has 0 spiro atoms. The maximum absolute atomic E-state index is 3.40. The molecule has 1 aromatic carbocycles. The molecule has 2 heterocycles. The molecule has 0 aliphatic carbocycles. The fourth-order valence-electron chi connectivity index (χ4n) is 2.81. The number of nitrogens with one attached hydrogen (secondary N) is 1. The normalized spacial score (nSPS) is 17.4. The first-order chi connectivity index (χ1) is 8.74. The van der Waals surface area contributed by atoms with E-state index < -0.39 is 0 Å². The molecule has 0 saturated carbocycles. The van der Waals surface area contributed by atoms with Gasteiger partial charge in [-0.15, -0.1) is 0 Å². The number of aryl methyl sites for hydroxylation is 2. The van der Waals surface area contributed by atoms with Crippen molar-refractivity contribution >= 4 is 10.9 Å². The molecule has 1 N–H and O–H groups in total. The fourth-order valence-corrected chi connectivity index (χ4v) is 2.81. The molecule has 3 nitrogen and oxygen atoms in total. The highest BCUT2D eigenvalue weighted by molar-refractivity contribution is 5.84. The van der Waals surface area contributed by atoms with Crippen LogP contribution in [0.3, 0.4) is 0 Å². The van der Waals surface area contributed by atoms with E-state index in [0.29, 0.717) is 0 Å². The summed E-state index contributed by atoms with van der Waals surface area (Å²) >= 11 is 0. The Morgan fingerprint density at radius 1 is 1.22 bits per heavy atom. The molecular weight excluding hydrogens is 222 g/mol. The molecule has 1 aromatic heterocycles. The van der Waals surface area contributed by atoms with E-state index in [-0.39, 0.29) is 0 Å². The van der Waals surface area contributed by atoms with Gasteiger partial charge in [-0.05, 0) is 24.1 Å². The van der Waals surface area contributed by atoms with Crippen LogP contribution in [0.25, 0.3) is 10.9 Å². The van der Waals surface area contributed by atoms with Crippen LogP contribution in [0.2, 0.25) is 0 Å². The van der Waals surface area contributed by atoms with Crippen LogP contribution in [-0.4, -0.2) is 35.6 Å². The van der Waals surface area contributed by atoms with Gasteiger partial charge in [0.1, 0.15) is 0 Å². The minimum Gasteiger partial charge on any atom is -0.350 e. The van der Waals surface area contributed by atoms with Crippen LogP contribution in [-0.2, 0) is 13.6 Å². The van der Waals surface area contributed by atoms with Gasteiger partial charge in [0.15, 0.2) is 0 Å². The summed E-state index contributed by atoms with van der Waals surface area (Å²) in [5, 5.41) is 4.81. The number of benzene rings is 1. The van der Waals surface area contributed by atoms with Crippen molar-refractivity contribution in [3.8, 4) is 0 Å². The predicted octanol–water partition coefficient (Wildman–Crippen LogP) is 1.89. The van der Waals surface area contributed by atoms with Crippen molar-refractivity contribution in [2.24, 2.45) is 7.05 Å². The summed E-state index contributed by atoms with van der Waals surface area (Å²) in [6.07, 6.45) is 2.28. The number of hydrogen-bond acceptors (Lipinski definition) is 2. The molecule has 3 rings (SSSR count). The molecule has 1 saturated heterocycles. The summed E-state index contributed by atoms with van der Waals surface area (Å²) in [5.41, 5.74) is 4.13. The largest absolute Gasteiger partial charge is 0.350 e. The lowest BCUT2D eigenvalue weighted by atomic mass is 10.1. The summed E-state index contributed by atoms with van der Waals surface area (Å²) in [7, 11) is 2.14. The number of piperazine rings is 1. The highest BCUT2D eigenvalue weighted by Gasteiger charge is 2.13. The van der Waals surface area contributed by atoms with E-state index >= 15 is 0 Å². The first kappa shape index (κ1) is 11.8. The van der Waals surface area contributed by atoms with Gasteiger partial charge in [0, 0.05) is 56.9 Å². The van der Waals surface area contributed by atoms with Gasteiger partial charge in [0.05, 0.1) is 0 Å². The van der Waals surface area contributed by atoms with Crippen molar-refractivity contribution < 1.29 is 0 Å². The molecule has 2 aromatic rings. The molecule has 0 radical (unpaired) electrons. The zero-order valence-electron chi connectivity index (χ0n) is 11.2. The average Bonchev–Trinajstić information content (AvgIpc) is 2.67. The van der Waals surface area contributed by atoms with Crippen molar-refractivity contribution in [1.82, 2.24) is 14.8 Å². The summed E-state index contributed by atoms with van der Waals surface area (Å²) < 4.78 is 2.25. The van der Waals surface area contributed by atoms with E-state index in [9.17, 15) is 0 Å². The maximum Gasteiger partial charge on any atom is 0.0483 e. The van der Waals surface area contributed by atoms with Gasteiger partial charge in [-0.2, -0.15) is 0 Å². The Hall–Kier alpha value is -1.32. The van der Waals surface area contributed by atoms with Crippen molar-refractivity contribution in [3.63, 3.8) is 0 Å². The molecular formula is C15H21N3. The lowest BCUT2D eigenvalue weighted by molar-refractivity contribution is 0.234. The van der Waals surface area contributed by atoms with Crippen molar-refractivity contribution in [2.75, 3.05) is 26.2 Å². The summed E-state index contributed by atoms with van der Waals surface area (Å²) in [4.78, 5) is 2.53. The van der Waals surface area contributed by atoms with E-state index in [1.165, 1.54) is 22.0 Å². The zero-order chi connectivity index (χ0) is 12.5. The van der Waals surface area contributed by atoms with Crippen LogP contribution < -0.4 is 5.32 Å². The smallest absolute Gasteiger partial charge is 0.0483 e. The monoisotopic (exact) mass is 243 g/mol. The first-order valence-corrected chi connectivity index (χ1v) is 6.72. The second-order valence-electron chi connectivity index (χ2n) is 5.31. The van der Waals surface area contributed by atoms with Gasteiger partial charge in [-0.25, -0.2) is 0 Å². The van der Waals surface area contributed by atoms with Gasteiger partial charge in [-0.1, -0.05) is 12.1 Å². The first-order valence-electron chi connectivity index (χ1n) is 6.72. The Labute approximate surface area is 108 Å². The lowest BCUT2D eigenvalue weighted by Gasteiger charge is -2.26. The summed E-state index contributed by atoms with van der Waals surface area (Å²) in [6.45, 7) is 7.77. The van der Waals surface area contributed by atoms with Gasteiger partial charge in [0.2, 0.25) is 0 Å². The van der Waals surface area contributed by atoms with E-state index in [2.05, 4.69) is 53.2 Å². The molecule has 0 unspecified atom stereocenters. The van der Waals surface area contributed by atoms with Crippen molar-refractivity contribution in [3.05, 3.63) is 35.5 Å². The third kappa shape index (κ3) is 2.16. The summed E-state index contributed by atoms with van der Waals surface area (Å²) in [5.74, 6) is 0. The molecule has 0 bridgehead atoms. The standard InChI is InChI=1S/C15H21N3/c1-12-3-4-14-13(10-17(2)15(14)9-12)11-18-7-5-16-6-8-18/h3-4,9-10,16H,5-8,11H2,1-2H3. The molecule has 1 aliphatic heterocycles. The number of fused-ring (bicyclic) bond motifs is 1. The van der Waals surface area contributed by atoms with Crippen LogP contribution in [0.4, 0.5) is 0 Å². The van der Waals surface area contributed by atoms with Gasteiger partial charge >= 0.3 is 0 Å². The average molecular weight is 243 g/mol. The minimum atomic E-state index is 1.07. The van der Waals surface area contributed by atoms with Crippen LogP contribution in [0, 0.1) is 6.92 Å². The Balaban J connectivity index is 1.91. The number of nitrogens with zero attached hydrogens (tertiary/aromatic N) is 2. The molecule has 3 heteroatoms. The summed E-state index contributed by atoms with van der Waals surface area (Å²) in [6, 6.07) is 6.75. The van der Waals surface area contributed by atoms with Gasteiger partial charge < -0.3 is 9.88 Å². The highest BCUT2D eigenvalue weighted by atomic mass is 15.2. The van der Waals surface area contributed by atoms with Crippen LogP contribution in [0.1, 0.15) is 11.1 Å². The van der Waals surface area contributed by atoms with E-state index in [0.717, 1.165) is 32.7 Å². The molecule has 0 amide bonds. The van der Waals surface area contributed by atoms with E-state index in [4.69, 9.17) is 0 Å². The Bertz CT molecular complexity index is 550. The Morgan fingerprint density at radius 3 is 2.78 bits per heavy atom. The van der Waals surface area contributed by atoms with Gasteiger partial charge in [-0.3, -0.25) is 4.90 Å². The predicted molar refractivity (Wildman–Crippen MR) is 75.8 cm³/mol. The minimum absolute atomic E-state index is 1.07. The molecule has 1 aliphatic rings. The Morgan fingerprint density at radius 2 is 2.00 bits per heavy atom. The van der Waals surface area contributed by atoms with Crippen LogP contribution in [0.15, 0.2) is 24.4 Å². The molecule has 0 atom stereocenters. The van der Waals surface area contributed by atoms with E-state index in [1.807, 2.05) is 0 Å². The second kappa shape index (κ2) is 4.75. The fraction of sp³-hybridized carbons (Fsp3) is 0.467. The number of rotatable bonds is 2. The molecule has 96 valence electrons. The third-order valence-electron chi connectivity index (χ3n) is 3.83. The van der Waals surface area contributed by atoms with Crippen LogP contribution in [0.5, 0.6) is 0 Å². The van der Waals surface area contributed by atoms with Gasteiger partial charge in [0.25, 0.3) is 0 Å². The molecule has 1 fully saturated rings. The zero-order valence-corrected chi connectivity index (χ0v) is 11.2. The highest BCUT2D eigenvalue weighted by Crippen LogP contribution is 2.23. The number of aromatic nitrogens is 1. The van der Waals surface area contributed by atoms with Crippen LogP contribution >= 0.6 is 0 Å². The topological polar surface area (TPSA) is 20.2 Å². The molecule has 18 heavy (non-hydrogen) atoms. The number of hydrogen-bond donors (Lipinski definition) is 1. The van der Waals surface area contributed by atoms with Crippen molar-refractivity contribution in [1.29, 1.82) is 0 Å². The second-order valence-corrected chi connectivity index (χ2v) is 5.31. The maximum atomic E-state index is 3.40. The Kier molecular flexibility index (Phi) is 3.10. The van der Waals surface area contributed by atoms with E-state index in [1.54, 1.807) is 0 Å². The third-order valence-corrected chi connectivity index (χ3v) is 3.83. The SMILES string of the molecule is Cc1ccc2c(CN3CCNCC3)cn(C)c2c1. The lowest BCUT2D eigenvalue weighted by Crippen LogP contribution is -2.42. The quantitative estimate of drug-likeness (QED) is 0.869. The van der Waals surface area contributed by atoms with Crippen molar-refractivity contribution in [2.45, 2.75) is 13.5 Å².